The van der Waals surface area contributed by atoms with Gasteiger partial charge in [0.2, 0.25) is 0 Å². The number of fused-ring (bicyclic) bond motifs is 1. The summed E-state index contributed by atoms with van der Waals surface area (Å²) in [6, 6.07) is 20.8. The number of halogens is 2. The van der Waals surface area contributed by atoms with E-state index in [1.165, 1.54) is 24.9 Å². The van der Waals surface area contributed by atoms with Crippen molar-refractivity contribution in [3.8, 4) is 0 Å². The molecule has 0 saturated carbocycles. The van der Waals surface area contributed by atoms with E-state index in [0.717, 1.165) is 46.8 Å². The molecule has 2 aliphatic heterocycles. The second-order valence-corrected chi connectivity index (χ2v) is 11.1. The summed E-state index contributed by atoms with van der Waals surface area (Å²) in [5, 5.41) is 14.4. The van der Waals surface area contributed by atoms with Gasteiger partial charge in [-0.1, -0.05) is 71.7 Å². The monoisotopic (exact) mass is 548 g/mol. The van der Waals surface area contributed by atoms with Crippen molar-refractivity contribution in [2.45, 2.75) is 43.9 Å². The molecule has 38 heavy (non-hydrogen) atoms. The van der Waals surface area contributed by atoms with Crippen molar-refractivity contribution in [3.63, 3.8) is 0 Å². The van der Waals surface area contributed by atoms with Gasteiger partial charge in [0.1, 0.15) is 16.4 Å². The Morgan fingerprint density at radius 2 is 1.47 bits per heavy atom. The predicted molar refractivity (Wildman–Crippen MR) is 156 cm³/mol. The summed E-state index contributed by atoms with van der Waals surface area (Å²) in [6.07, 6.45) is 7.75. The van der Waals surface area contributed by atoms with Crippen LogP contribution in [0, 0.1) is 0 Å². The maximum Gasteiger partial charge on any atom is 0.129 e. The van der Waals surface area contributed by atoms with E-state index < -0.39 is 6.10 Å². The number of likely N-dealkylation sites (tertiary alicyclic amines) is 2. The molecule has 198 valence electrons. The molecule has 0 radical (unpaired) electrons. The van der Waals surface area contributed by atoms with Crippen molar-refractivity contribution >= 4 is 34.0 Å². The van der Waals surface area contributed by atoms with Crippen LogP contribution in [0.15, 0.2) is 73.1 Å². The van der Waals surface area contributed by atoms with E-state index in [1.54, 1.807) is 0 Å². The SMILES string of the molecule is CN1CCC[C@H]1c1ccc(Cl)nc1.CN1CCC[C@H]1c1cnc(Cl)cc1[C@@H](O)c1cccc2ccccc12. The van der Waals surface area contributed by atoms with Gasteiger partial charge in [-0.15, -0.1) is 0 Å². The second kappa shape index (κ2) is 12.1. The third-order valence-electron chi connectivity index (χ3n) is 7.88. The molecule has 2 saturated heterocycles. The highest BCUT2D eigenvalue weighted by molar-refractivity contribution is 6.29. The number of hydrogen-bond donors (Lipinski definition) is 1. The molecule has 0 bridgehead atoms. The fourth-order valence-electron chi connectivity index (χ4n) is 5.85. The molecule has 2 fully saturated rings. The molecule has 1 N–H and O–H groups in total. The normalized spacial score (nSPS) is 20.9. The lowest BCUT2D eigenvalue weighted by Gasteiger charge is -2.25. The Kier molecular flexibility index (Phi) is 8.61. The van der Waals surface area contributed by atoms with Crippen LogP contribution < -0.4 is 0 Å². The number of pyridine rings is 2. The highest BCUT2D eigenvalue weighted by Crippen LogP contribution is 2.38. The van der Waals surface area contributed by atoms with E-state index in [-0.39, 0.29) is 6.04 Å². The minimum Gasteiger partial charge on any atom is -0.384 e. The third-order valence-corrected chi connectivity index (χ3v) is 8.31. The molecule has 0 amide bonds. The number of rotatable bonds is 4. The molecular weight excluding hydrogens is 515 g/mol. The van der Waals surface area contributed by atoms with E-state index in [9.17, 15) is 5.11 Å². The molecule has 4 aromatic rings. The largest absolute Gasteiger partial charge is 0.384 e. The van der Waals surface area contributed by atoms with Crippen LogP contribution in [0.3, 0.4) is 0 Å². The van der Waals surface area contributed by atoms with Gasteiger partial charge in [-0.3, -0.25) is 9.80 Å². The van der Waals surface area contributed by atoms with Gasteiger partial charge in [-0.05, 0) is 98.0 Å². The Morgan fingerprint density at radius 1 is 0.789 bits per heavy atom. The zero-order valence-corrected chi connectivity index (χ0v) is 23.4. The summed E-state index contributed by atoms with van der Waals surface area (Å²) in [4.78, 5) is 13.1. The van der Waals surface area contributed by atoms with Gasteiger partial charge in [-0.2, -0.15) is 0 Å². The van der Waals surface area contributed by atoms with Crippen LogP contribution >= 0.6 is 23.2 Å². The lowest BCUT2D eigenvalue weighted by molar-refractivity contribution is 0.216. The van der Waals surface area contributed by atoms with Crippen molar-refractivity contribution in [2.24, 2.45) is 0 Å². The third kappa shape index (κ3) is 5.88. The highest BCUT2D eigenvalue weighted by Gasteiger charge is 2.28. The van der Waals surface area contributed by atoms with E-state index >= 15 is 0 Å². The van der Waals surface area contributed by atoms with Crippen molar-refractivity contribution in [1.82, 2.24) is 19.8 Å². The van der Waals surface area contributed by atoms with E-state index in [4.69, 9.17) is 23.2 Å². The highest BCUT2D eigenvalue weighted by atomic mass is 35.5. The summed E-state index contributed by atoms with van der Waals surface area (Å²) >= 11 is 11.9. The van der Waals surface area contributed by atoms with Crippen LogP contribution in [0.2, 0.25) is 10.3 Å². The van der Waals surface area contributed by atoms with Crippen molar-refractivity contribution in [3.05, 3.63) is 106 Å². The summed E-state index contributed by atoms with van der Waals surface area (Å²) in [7, 11) is 4.28. The fourth-order valence-corrected chi connectivity index (χ4v) is 6.12. The Labute approximate surface area is 235 Å². The molecule has 0 unspecified atom stereocenters. The Hall–Kier alpha value is -2.54. The average Bonchev–Trinajstić information content (AvgIpc) is 3.56. The molecule has 7 heteroatoms. The predicted octanol–water partition coefficient (Wildman–Crippen LogP) is 7.24. The summed E-state index contributed by atoms with van der Waals surface area (Å²) < 4.78 is 0. The fraction of sp³-hybridized carbons (Fsp3) is 0.355. The summed E-state index contributed by atoms with van der Waals surface area (Å²) in [6.45, 7) is 2.25. The van der Waals surface area contributed by atoms with Gasteiger partial charge in [0.15, 0.2) is 0 Å². The van der Waals surface area contributed by atoms with Crippen LogP contribution in [0.1, 0.15) is 66.1 Å². The van der Waals surface area contributed by atoms with E-state index in [1.807, 2.05) is 48.8 Å². The van der Waals surface area contributed by atoms with Crippen LogP contribution in [-0.2, 0) is 0 Å². The van der Waals surface area contributed by atoms with Crippen molar-refractivity contribution in [2.75, 3.05) is 27.2 Å². The Balaban J connectivity index is 0.000000190. The Bertz CT molecular complexity index is 1370. The number of aliphatic hydroxyl groups is 1. The molecular formula is C31H34Cl2N4O. The first-order valence-electron chi connectivity index (χ1n) is 13.3. The molecule has 0 spiro atoms. The van der Waals surface area contributed by atoms with Gasteiger partial charge in [0, 0.05) is 24.5 Å². The molecule has 2 aliphatic rings. The molecule has 5 nitrogen and oxygen atoms in total. The molecule has 0 aliphatic carbocycles. The number of benzene rings is 2. The zero-order valence-electron chi connectivity index (χ0n) is 21.9. The number of aromatic nitrogens is 2. The first-order chi connectivity index (χ1) is 18.4. The first kappa shape index (κ1) is 27.0. The minimum absolute atomic E-state index is 0.282. The molecule has 3 atom stereocenters. The van der Waals surface area contributed by atoms with E-state index in [0.29, 0.717) is 16.3 Å². The van der Waals surface area contributed by atoms with Crippen LogP contribution in [0.5, 0.6) is 0 Å². The summed E-state index contributed by atoms with van der Waals surface area (Å²) in [5.41, 5.74) is 4.12. The lowest BCUT2D eigenvalue weighted by Crippen LogP contribution is -2.20. The number of hydrogen-bond acceptors (Lipinski definition) is 5. The summed E-state index contributed by atoms with van der Waals surface area (Å²) in [5.74, 6) is 0. The molecule has 2 aromatic carbocycles. The maximum atomic E-state index is 11.2. The minimum atomic E-state index is -0.726. The average molecular weight is 550 g/mol. The van der Waals surface area contributed by atoms with Gasteiger partial charge in [0.05, 0.1) is 0 Å². The smallest absolute Gasteiger partial charge is 0.129 e. The van der Waals surface area contributed by atoms with Gasteiger partial charge >= 0.3 is 0 Å². The van der Waals surface area contributed by atoms with Crippen molar-refractivity contribution in [1.29, 1.82) is 0 Å². The number of aliphatic hydroxyl groups excluding tert-OH is 1. The number of nitrogens with zero attached hydrogens (tertiary/aromatic N) is 4. The van der Waals surface area contributed by atoms with Gasteiger partial charge in [-0.25, -0.2) is 9.97 Å². The quantitative estimate of drug-likeness (QED) is 0.272. The van der Waals surface area contributed by atoms with Crippen molar-refractivity contribution < 1.29 is 5.11 Å². The first-order valence-corrected chi connectivity index (χ1v) is 14.0. The van der Waals surface area contributed by atoms with Crippen LogP contribution in [-0.4, -0.2) is 52.1 Å². The topological polar surface area (TPSA) is 52.5 Å². The second-order valence-electron chi connectivity index (χ2n) is 10.3. The molecule has 2 aromatic heterocycles. The lowest BCUT2D eigenvalue weighted by atomic mass is 9.91. The van der Waals surface area contributed by atoms with E-state index in [2.05, 4.69) is 58.1 Å². The Morgan fingerprint density at radius 3 is 2.16 bits per heavy atom. The maximum absolute atomic E-state index is 11.2. The standard InChI is InChI=1S/C21H21ClN2O.C10H13ClN2/c1-24-11-5-10-19(24)18-13-23-20(22)12-17(18)21(25)16-9-4-7-14-6-2-3-8-15(14)16;1-13-6-2-3-9(13)8-4-5-10(11)12-7-8/h2-4,6-9,12-13,19,21,25H,5,10-11H2,1H3;4-5,7,9H,2-3,6H2,1H3/t19-,21-;9-/m00/s1. The zero-order chi connectivity index (χ0) is 26.6. The van der Waals surface area contributed by atoms with Crippen LogP contribution in [0.4, 0.5) is 0 Å². The van der Waals surface area contributed by atoms with Gasteiger partial charge in [0.25, 0.3) is 0 Å². The molecule has 4 heterocycles. The van der Waals surface area contributed by atoms with Gasteiger partial charge < -0.3 is 5.11 Å². The van der Waals surface area contributed by atoms with Crippen LogP contribution in [0.25, 0.3) is 10.8 Å². The molecule has 6 rings (SSSR count).